The molecule has 4 rings (SSSR count). The zero-order valence-corrected chi connectivity index (χ0v) is 13.5. The molecule has 0 radical (unpaired) electrons. The topological polar surface area (TPSA) is 89.7 Å². The Morgan fingerprint density at radius 1 is 0.920 bits per heavy atom. The minimum Gasteiger partial charge on any atom is -0.397 e. The third kappa shape index (κ3) is 2.34. The lowest BCUT2D eigenvalue weighted by atomic mass is 9.82. The van der Waals surface area contributed by atoms with Crippen molar-refractivity contribution >= 4 is 23.2 Å². The number of amides is 1. The fourth-order valence-electron chi connectivity index (χ4n) is 3.34. The van der Waals surface area contributed by atoms with Gasteiger partial charge in [0.15, 0.2) is 11.6 Å². The number of nitrogens with zero attached hydrogens (tertiary/aromatic N) is 1. The zero-order valence-electron chi connectivity index (χ0n) is 13.5. The van der Waals surface area contributed by atoms with Crippen LogP contribution in [0.1, 0.15) is 42.2 Å². The highest BCUT2D eigenvalue weighted by atomic mass is 16.5. The maximum Gasteiger partial charge on any atom is 0.256 e. The molecule has 0 atom stereocenters. The molecule has 2 aromatic carbocycles. The van der Waals surface area contributed by atoms with Gasteiger partial charge in [0.1, 0.15) is 0 Å². The van der Waals surface area contributed by atoms with Crippen LogP contribution < -0.4 is 5.73 Å². The number of hydrogen-bond acceptors (Lipinski definition) is 5. The highest BCUT2D eigenvalue weighted by Gasteiger charge is 2.33. The van der Waals surface area contributed by atoms with E-state index in [2.05, 4.69) is 0 Å². The van der Waals surface area contributed by atoms with Crippen LogP contribution in [0.4, 0.5) is 5.69 Å². The molecule has 2 N–H and O–H groups in total. The monoisotopic (exact) mass is 336 g/mol. The lowest BCUT2D eigenvalue weighted by Crippen LogP contribution is -2.41. The van der Waals surface area contributed by atoms with E-state index >= 15 is 0 Å². The van der Waals surface area contributed by atoms with E-state index in [1.165, 1.54) is 12.1 Å². The lowest BCUT2D eigenvalue weighted by Gasteiger charge is -2.28. The SMILES string of the molecule is Nc1c(C(=O)N2CCOCC2)ccc2c1C(=O)c1ccccc1C2=O. The van der Waals surface area contributed by atoms with Gasteiger partial charge in [-0.25, -0.2) is 0 Å². The molecule has 0 aromatic heterocycles. The van der Waals surface area contributed by atoms with Gasteiger partial charge >= 0.3 is 0 Å². The van der Waals surface area contributed by atoms with E-state index in [0.29, 0.717) is 37.4 Å². The van der Waals surface area contributed by atoms with Gasteiger partial charge in [-0.3, -0.25) is 14.4 Å². The van der Waals surface area contributed by atoms with Gasteiger partial charge < -0.3 is 15.4 Å². The first-order valence-electron chi connectivity index (χ1n) is 8.07. The van der Waals surface area contributed by atoms with Crippen molar-refractivity contribution in [1.82, 2.24) is 4.90 Å². The first kappa shape index (κ1) is 15.5. The summed E-state index contributed by atoms with van der Waals surface area (Å²) in [6, 6.07) is 9.71. The molecule has 25 heavy (non-hydrogen) atoms. The summed E-state index contributed by atoms with van der Waals surface area (Å²) in [5.74, 6) is -0.815. The van der Waals surface area contributed by atoms with E-state index in [4.69, 9.17) is 10.5 Å². The van der Waals surface area contributed by atoms with E-state index in [1.807, 2.05) is 0 Å². The number of morpholine rings is 1. The Morgan fingerprint density at radius 2 is 1.56 bits per heavy atom. The highest BCUT2D eigenvalue weighted by molar-refractivity contribution is 6.30. The number of ketones is 2. The van der Waals surface area contributed by atoms with Crippen molar-refractivity contribution in [3.05, 3.63) is 64.2 Å². The molecule has 6 heteroatoms. The molecule has 126 valence electrons. The summed E-state index contributed by atoms with van der Waals surface area (Å²) in [5, 5.41) is 0. The second-order valence-corrected chi connectivity index (χ2v) is 6.06. The summed E-state index contributed by atoms with van der Waals surface area (Å²) < 4.78 is 5.25. The smallest absolute Gasteiger partial charge is 0.256 e. The van der Waals surface area contributed by atoms with Crippen LogP contribution in [0.5, 0.6) is 0 Å². The van der Waals surface area contributed by atoms with Crippen LogP contribution in [-0.4, -0.2) is 48.7 Å². The molecule has 1 saturated heterocycles. The minimum absolute atomic E-state index is 0.0712. The molecular formula is C19H16N2O4. The van der Waals surface area contributed by atoms with Crippen molar-refractivity contribution in [3.63, 3.8) is 0 Å². The molecule has 0 saturated carbocycles. The van der Waals surface area contributed by atoms with Gasteiger partial charge in [-0.2, -0.15) is 0 Å². The van der Waals surface area contributed by atoms with Gasteiger partial charge in [-0.15, -0.1) is 0 Å². The van der Waals surface area contributed by atoms with Crippen molar-refractivity contribution in [3.8, 4) is 0 Å². The van der Waals surface area contributed by atoms with Crippen LogP contribution >= 0.6 is 0 Å². The molecule has 0 spiro atoms. The standard InChI is InChI=1S/C19H16N2O4/c20-16-14(19(24)21-7-9-25-10-8-21)6-5-13-15(16)18(23)12-4-2-1-3-11(12)17(13)22/h1-6H,7-10,20H2. The van der Waals surface area contributed by atoms with Gasteiger partial charge in [-0.05, 0) is 12.1 Å². The van der Waals surface area contributed by atoms with Crippen LogP contribution in [0, 0.1) is 0 Å². The Balaban J connectivity index is 1.81. The van der Waals surface area contributed by atoms with Crippen LogP contribution in [0.3, 0.4) is 0 Å². The quantitative estimate of drug-likeness (QED) is 0.681. The average molecular weight is 336 g/mol. The molecule has 1 amide bonds. The molecule has 6 nitrogen and oxygen atoms in total. The van der Waals surface area contributed by atoms with Crippen LogP contribution in [-0.2, 0) is 4.74 Å². The largest absolute Gasteiger partial charge is 0.397 e. The van der Waals surface area contributed by atoms with Crippen LogP contribution in [0.25, 0.3) is 0 Å². The lowest BCUT2D eigenvalue weighted by molar-refractivity contribution is 0.0303. The summed E-state index contributed by atoms with van der Waals surface area (Å²) in [6.45, 7) is 1.90. The fourth-order valence-corrected chi connectivity index (χ4v) is 3.34. The fraction of sp³-hybridized carbons (Fsp3) is 0.211. The van der Waals surface area contributed by atoms with Crippen LogP contribution in [0.15, 0.2) is 36.4 Å². The minimum atomic E-state index is -0.320. The summed E-state index contributed by atoms with van der Waals surface area (Å²) in [5.41, 5.74) is 7.56. The Kier molecular flexibility index (Phi) is 3.62. The van der Waals surface area contributed by atoms with E-state index in [1.54, 1.807) is 29.2 Å². The number of hydrogen-bond donors (Lipinski definition) is 1. The zero-order chi connectivity index (χ0) is 17.6. The number of rotatable bonds is 1. The number of ether oxygens (including phenoxy) is 1. The number of carbonyl (C=O) groups is 3. The Morgan fingerprint density at radius 3 is 2.24 bits per heavy atom. The van der Waals surface area contributed by atoms with Gasteiger partial charge in [0.2, 0.25) is 0 Å². The van der Waals surface area contributed by atoms with Gasteiger partial charge in [-0.1, -0.05) is 24.3 Å². The molecule has 1 aliphatic heterocycles. The van der Waals surface area contributed by atoms with Crippen molar-refractivity contribution in [2.75, 3.05) is 32.0 Å². The van der Waals surface area contributed by atoms with Crippen molar-refractivity contribution < 1.29 is 19.1 Å². The third-order valence-corrected chi connectivity index (χ3v) is 4.66. The Hall–Kier alpha value is -2.99. The summed E-state index contributed by atoms with van der Waals surface area (Å²) >= 11 is 0. The first-order valence-corrected chi connectivity index (χ1v) is 8.07. The van der Waals surface area contributed by atoms with Crippen molar-refractivity contribution in [2.45, 2.75) is 0 Å². The second-order valence-electron chi connectivity index (χ2n) is 6.06. The first-order chi connectivity index (χ1) is 12.1. The number of carbonyl (C=O) groups excluding carboxylic acids is 3. The van der Waals surface area contributed by atoms with Crippen molar-refractivity contribution in [2.24, 2.45) is 0 Å². The predicted octanol–water partition coefficient (Wildman–Crippen LogP) is 1.52. The molecule has 1 fully saturated rings. The molecule has 0 unspecified atom stereocenters. The molecule has 2 aromatic rings. The van der Waals surface area contributed by atoms with E-state index < -0.39 is 0 Å². The van der Waals surface area contributed by atoms with E-state index in [9.17, 15) is 14.4 Å². The second kappa shape index (κ2) is 5.82. The molecule has 1 heterocycles. The van der Waals surface area contributed by atoms with E-state index in [0.717, 1.165) is 0 Å². The van der Waals surface area contributed by atoms with Crippen LogP contribution in [0.2, 0.25) is 0 Å². The van der Waals surface area contributed by atoms with Crippen molar-refractivity contribution in [1.29, 1.82) is 0 Å². The number of anilines is 1. The maximum atomic E-state index is 12.8. The predicted molar refractivity (Wildman–Crippen MR) is 90.9 cm³/mol. The maximum absolute atomic E-state index is 12.8. The number of benzene rings is 2. The number of fused-ring (bicyclic) bond motifs is 2. The number of nitrogen functional groups attached to an aromatic ring is 1. The summed E-state index contributed by atoms with van der Waals surface area (Å²) in [6.07, 6.45) is 0. The summed E-state index contributed by atoms with van der Waals surface area (Å²) in [4.78, 5) is 39.9. The third-order valence-electron chi connectivity index (χ3n) is 4.66. The Bertz CT molecular complexity index is 914. The molecule has 0 bridgehead atoms. The van der Waals surface area contributed by atoms with Gasteiger partial charge in [0.25, 0.3) is 5.91 Å². The molecule has 2 aliphatic rings. The van der Waals surface area contributed by atoms with E-state index in [-0.39, 0.29) is 39.9 Å². The van der Waals surface area contributed by atoms with Gasteiger partial charge in [0, 0.05) is 29.8 Å². The average Bonchev–Trinajstić information content (AvgIpc) is 2.66. The Labute approximate surface area is 144 Å². The number of nitrogens with two attached hydrogens (primary N) is 1. The highest BCUT2D eigenvalue weighted by Crippen LogP contribution is 2.33. The molecule has 1 aliphatic carbocycles. The van der Waals surface area contributed by atoms with Gasteiger partial charge in [0.05, 0.1) is 30.0 Å². The normalized spacial score (nSPS) is 16.4. The summed E-state index contributed by atoms with van der Waals surface area (Å²) in [7, 11) is 0. The molecular weight excluding hydrogens is 320 g/mol.